The van der Waals surface area contributed by atoms with Crippen LogP contribution in [0.5, 0.6) is 0 Å². The van der Waals surface area contributed by atoms with Crippen LogP contribution in [0.1, 0.15) is 13.3 Å². The number of carbonyl (C=O) groups is 1. The Hall–Kier alpha value is -3.71. The molecule has 0 heterocycles. The van der Waals surface area contributed by atoms with Crippen LogP contribution in [0.4, 0.5) is 0 Å². The van der Waals surface area contributed by atoms with E-state index in [2.05, 4.69) is 6.58 Å². The highest BCUT2D eigenvalue weighted by Crippen LogP contribution is 1.88. The van der Waals surface area contributed by atoms with Crippen molar-refractivity contribution >= 4 is 5.78 Å². The summed E-state index contributed by atoms with van der Waals surface area (Å²) in [5.74, 6) is 0.134. The van der Waals surface area contributed by atoms with Crippen molar-refractivity contribution in [1.29, 1.82) is 0 Å². The molecule has 154 valence electrons. The molecule has 0 aliphatic rings. The summed E-state index contributed by atoms with van der Waals surface area (Å²) in [6, 6.07) is 0. The fraction of sp³-hybridized carbons (Fsp3) is 0.0690. The molecule has 0 aromatic heterocycles. The minimum Gasteiger partial charge on any atom is -0.295 e. The number of allylic oxidation sites excluding steroid dienone is 25. The maximum atomic E-state index is 11.1. The Balaban J connectivity index is 3.98. The minimum absolute atomic E-state index is 0.134. The molecule has 0 saturated heterocycles. The molecule has 30 heavy (non-hydrogen) atoms. The van der Waals surface area contributed by atoms with Crippen LogP contribution in [-0.2, 0) is 4.79 Å². The molecule has 0 unspecified atom stereocenters. The lowest BCUT2D eigenvalue weighted by atomic mass is 10.3. The molecule has 0 aliphatic carbocycles. The summed E-state index contributed by atoms with van der Waals surface area (Å²) >= 11 is 0. The minimum atomic E-state index is 0.134. The molecule has 0 amide bonds. The molecule has 0 rings (SSSR count). The normalized spacial score (nSPS) is 14.3. The number of rotatable bonds is 14. The molecule has 0 radical (unpaired) electrons. The summed E-state index contributed by atoms with van der Waals surface area (Å²) in [5.41, 5.74) is 0. The van der Waals surface area contributed by atoms with Crippen molar-refractivity contribution in [2.45, 2.75) is 13.3 Å². The van der Waals surface area contributed by atoms with Gasteiger partial charge >= 0.3 is 0 Å². The van der Waals surface area contributed by atoms with Crippen LogP contribution in [0.3, 0.4) is 0 Å². The first kappa shape index (κ1) is 26.3. The fourth-order valence-electron chi connectivity index (χ4n) is 1.71. The second-order valence-corrected chi connectivity index (χ2v) is 5.65. The van der Waals surface area contributed by atoms with Gasteiger partial charge in [-0.25, -0.2) is 0 Å². The van der Waals surface area contributed by atoms with Gasteiger partial charge in [0.1, 0.15) is 0 Å². The van der Waals surface area contributed by atoms with Gasteiger partial charge in [0.25, 0.3) is 0 Å². The number of ketones is 1. The van der Waals surface area contributed by atoms with Crippen LogP contribution < -0.4 is 0 Å². The highest BCUT2D eigenvalue weighted by atomic mass is 16.1. The number of hydrogen-bond donors (Lipinski definition) is 0. The summed E-state index contributed by atoms with van der Waals surface area (Å²) in [5, 5.41) is 0. The first-order valence-electron chi connectivity index (χ1n) is 9.96. The Labute approximate surface area is 182 Å². The van der Waals surface area contributed by atoms with Crippen LogP contribution in [0, 0.1) is 0 Å². The Bertz CT molecular complexity index is 810. The van der Waals surface area contributed by atoms with Crippen molar-refractivity contribution in [2.75, 3.05) is 0 Å². The molecule has 0 saturated carbocycles. The van der Waals surface area contributed by atoms with E-state index in [1.54, 1.807) is 18.2 Å². The van der Waals surface area contributed by atoms with E-state index in [9.17, 15) is 4.79 Å². The topological polar surface area (TPSA) is 17.1 Å². The van der Waals surface area contributed by atoms with E-state index in [1.807, 2.05) is 141 Å². The van der Waals surface area contributed by atoms with Crippen molar-refractivity contribution in [2.24, 2.45) is 0 Å². The predicted octanol–water partition coefficient (Wildman–Crippen LogP) is 7.83. The lowest BCUT2D eigenvalue weighted by Gasteiger charge is -1.80. The molecular formula is C29H32O. The number of carbonyl (C=O) groups excluding carboxylic acids is 1. The monoisotopic (exact) mass is 396 g/mol. The van der Waals surface area contributed by atoms with Crippen molar-refractivity contribution in [3.05, 3.63) is 158 Å². The van der Waals surface area contributed by atoms with Crippen molar-refractivity contribution in [3.8, 4) is 0 Å². The lowest BCUT2D eigenvalue weighted by Crippen LogP contribution is -1.85. The Morgan fingerprint density at radius 2 is 0.700 bits per heavy atom. The van der Waals surface area contributed by atoms with E-state index in [1.165, 1.54) is 0 Å². The van der Waals surface area contributed by atoms with Gasteiger partial charge in [0, 0.05) is 6.42 Å². The molecule has 1 heteroatoms. The van der Waals surface area contributed by atoms with Gasteiger partial charge in [0.2, 0.25) is 0 Å². The Kier molecular flexibility index (Phi) is 20.4. The smallest absolute Gasteiger partial charge is 0.155 e. The fourth-order valence-corrected chi connectivity index (χ4v) is 1.71. The SMILES string of the molecule is C=CC=CC=CC=CC=CC=CC=CC=CC=CC=CC=CC=CC=CC(=O)CC. The largest absolute Gasteiger partial charge is 0.295 e. The summed E-state index contributed by atoms with van der Waals surface area (Å²) in [6.07, 6.45) is 48.5. The molecule has 0 aromatic rings. The van der Waals surface area contributed by atoms with Gasteiger partial charge in [-0.15, -0.1) is 0 Å². The summed E-state index contributed by atoms with van der Waals surface area (Å²) in [7, 11) is 0. The second kappa shape index (κ2) is 23.3. The van der Waals surface area contributed by atoms with Gasteiger partial charge in [-0.3, -0.25) is 4.79 Å². The highest BCUT2D eigenvalue weighted by Gasteiger charge is 1.85. The third-order valence-corrected chi connectivity index (χ3v) is 3.21. The van der Waals surface area contributed by atoms with Crippen LogP contribution >= 0.6 is 0 Å². The highest BCUT2D eigenvalue weighted by molar-refractivity contribution is 5.89. The molecule has 0 aliphatic heterocycles. The molecule has 0 aromatic carbocycles. The van der Waals surface area contributed by atoms with Crippen LogP contribution in [0.25, 0.3) is 0 Å². The van der Waals surface area contributed by atoms with E-state index in [-0.39, 0.29) is 5.78 Å². The zero-order valence-electron chi connectivity index (χ0n) is 17.8. The maximum absolute atomic E-state index is 11.1. The molecule has 0 bridgehead atoms. The van der Waals surface area contributed by atoms with E-state index in [0.717, 1.165) is 0 Å². The van der Waals surface area contributed by atoms with Crippen molar-refractivity contribution < 1.29 is 4.79 Å². The standard InChI is InChI=1S/C29H32O/c1-3-5-6-7-8-9-10-11-12-13-14-15-16-17-18-19-20-21-22-23-24-25-26-27-28-29(30)4-2/h3,5-28H,1,4H2,2H3. The van der Waals surface area contributed by atoms with E-state index < -0.39 is 0 Å². The van der Waals surface area contributed by atoms with Gasteiger partial charge in [0.05, 0.1) is 0 Å². The van der Waals surface area contributed by atoms with E-state index in [4.69, 9.17) is 0 Å². The van der Waals surface area contributed by atoms with Crippen molar-refractivity contribution in [3.63, 3.8) is 0 Å². The molecular weight excluding hydrogens is 364 g/mol. The second-order valence-electron chi connectivity index (χ2n) is 5.65. The van der Waals surface area contributed by atoms with Crippen molar-refractivity contribution in [1.82, 2.24) is 0 Å². The average Bonchev–Trinajstić information content (AvgIpc) is 2.76. The molecule has 1 nitrogen and oxygen atoms in total. The molecule has 0 N–H and O–H groups in total. The third kappa shape index (κ3) is 22.3. The zero-order chi connectivity index (χ0) is 22.0. The van der Waals surface area contributed by atoms with Gasteiger partial charge in [-0.05, 0) is 6.08 Å². The average molecular weight is 397 g/mol. The Morgan fingerprint density at radius 1 is 0.467 bits per heavy atom. The van der Waals surface area contributed by atoms with Gasteiger partial charge < -0.3 is 0 Å². The summed E-state index contributed by atoms with van der Waals surface area (Å²) < 4.78 is 0. The van der Waals surface area contributed by atoms with Gasteiger partial charge in [-0.1, -0.05) is 159 Å². The summed E-state index contributed by atoms with van der Waals surface area (Å²) in [6.45, 7) is 5.46. The van der Waals surface area contributed by atoms with E-state index >= 15 is 0 Å². The van der Waals surface area contributed by atoms with Crippen LogP contribution in [-0.4, -0.2) is 5.78 Å². The molecule has 0 spiro atoms. The van der Waals surface area contributed by atoms with E-state index in [0.29, 0.717) is 6.42 Å². The third-order valence-electron chi connectivity index (χ3n) is 3.21. The summed E-state index contributed by atoms with van der Waals surface area (Å²) in [4.78, 5) is 11.1. The Morgan fingerprint density at radius 3 is 0.933 bits per heavy atom. The quantitative estimate of drug-likeness (QED) is 0.216. The zero-order valence-corrected chi connectivity index (χ0v) is 17.8. The lowest BCUT2D eigenvalue weighted by molar-refractivity contribution is -0.114. The van der Waals surface area contributed by atoms with Gasteiger partial charge in [-0.2, -0.15) is 0 Å². The first-order valence-corrected chi connectivity index (χ1v) is 9.96. The molecule has 0 atom stereocenters. The van der Waals surface area contributed by atoms with Gasteiger partial charge in [0.15, 0.2) is 5.78 Å². The predicted molar refractivity (Wildman–Crippen MR) is 135 cm³/mol. The number of hydrogen-bond acceptors (Lipinski definition) is 1. The van der Waals surface area contributed by atoms with Crippen LogP contribution in [0.15, 0.2) is 158 Å². The first-order chi connectivity index (χ1) is 14.8. The maximum Gasteiger partial charge on any atom is 0.155 e. The van der Waals surface area contributed by atoms with Crippen LogP contribution in [0.2, 0.25) is 0 Å². The molecule has 0 fully saturated rings.